The SMILES string of the molecule is COC(=O)C[C@@H](NC(=O)c1cccs1)c1ccc(Br)cc1. The molecule has 1 atom stereocenters. The van der Waals surface area contributed by atoms with Gasteiger partial charge in [-0.25, -0.2) is 0 Å². The second-order valence-corrected chi connectivity index (χ2v) is 6.20. The van der Waals surface area contributed by atoms with E-state index in [2.05, 4.69) is 21.2 Å². The number of benzene rings is 1. The van der Waals surface area contributed by atoms with E-state index >= 15 is 0 Å². The summed E-state index contributed by atoms with van der Waals surface area (Å²) in [5.41, 5.74) is 0.855. The lowest BCUT2D eigenvalue weighted by Gasteiger charge is -2.18. The lowest BCUT2D eigenvalue weighted by Crippen LogP contribution is -2.30. The minimum atomic E-state index is -0.417. The van der Waals surface area contributed by atoms with Crippen molar-refractivity contribution in [2.45, 2.75) is 12.5 Å². The molecule has 21 heavy (non-hydrogen) atoms. The molecular formula is C15H14BrNO3S. The molecule has 1 heterocycles. The highest BCUT2D eigenvalue weighted by atomic mass is 79.9. The fourth-order valence-electron chi connectivity index (χ4n) is 1.83. The Hall–Kier alpha value is -1.66. The highest BCUT2D eigenvalue weighted by molar-refractivity contribution is 9.10. The predicted molar refractivity (Wildman–Crippen MR) is 85.3 cm³/mol. The number of halogens is 1. The van der Waals surface area contributed by atoms with E-state index < -0.39 is 6.04 Å². The average molecular weight is 368 g/mol. The van der Waals surface area contributed by atoms with Crippen LogP contribution < -0.4 is 5.32 Å². The molecule has 0 saturated carbocycles. The third-order valence-electron chi connectivity index (χ3n) is 2.92. The lowest BCUT2D eigenvalue weighted by molar-refractivity contribution is -0.141. The zero-order chi connectivity index (χ0) is 15.2. The highest BCUT2D eigenvalue weighted by Gasteiger charge is 2.20. The summed E-state index contributed by atoms with van der Waals surface area (Å²) in [5.74, 6) is -0.559. The third-order valence-corrected chi connectivity index (χ3v) is 4.32. The highest BCUT2D eigenvalue weighted by Crippen LogP contribution is 2.21. The quantitative estimate of drug-likeness (QED) is 0.822. The zero-order valence-electron chi connectivity index (χ0n) is 11.3. The molecule has 4 nitrogen and oxygen atoms in total. The van der Waals surface area contributed by atoms with Crippen LogP contribution in [-0.4, -0.2) is 19.0 Å². The molecule has 1 N–H and O–H groups in total. The fraction of sp³-hybridized carbons (Fsp3) is 0.200. The van der Waals surface area contributed by atoms with Gasteiger partial charge in [-0.3, -0.25) is 9.59 Å². The van der Waals surface area contributed by atoms with E-state index in [1.165, 1.54) is 18.4 Å². The Bertz CT molecular complexity index is 610. The minimum Gasteiger partial charge on any atom is -0.469 e. The van der Waals surface area contributed by atoms with Crippen molar-refractivity contribution < 1.29 is 14.3 Å². The molecule has 1 amide bonds. The van der Waals surface area contributed by atoms with Crippen molar-refractivity contribution in [2.24, 2.45) is 0 Å². The minimum absolute atomic E-state index is 0.0925. The van der Waals surface area contributed by atoms with Crippen LogP contribution in [0, 0.1) is 0 Å². The number of methoxy groups -OCH3 is 1. The van der Waals surface area contributed by atoms with Gasteiger partial charge in [-0.1, -0.05) is 34.1 Å². The Morgan fingerprint density at radius 3 is 2.57 bits per heavy atom. The van der Waals surface area contributed by atoms with Gasteiger partial charge >= 0.3 is 5.97 Å². The summed E-state index contributed by atoms with van der Waals surface area (Å²) < 4.78 is 5.64. The van der Waals surface area contributed by atoms with E-state index in [9.17, 15) is 9.59 Å². The summed E-state index contributed by atoms with van der Waals surface area (Å²) in [7, 11) is 1.34. The monoisotopic (exact) mass is 367 g/mol. The topological polar surface area (TPSA) is 55.4 Å². The summed E-state index contributed by atoms with van der Waals surface area (Å²) in [4.78, 5) is 24.3. The van der Waals surface area contributed by atoms with E-state index in [1.807, 2.05) is 35.7 Å². The van der Waals surface area contributed by atoms with E-state index in [1.54, 1.807) is 6.07 Å². The van der Waals surface area contributed by atoms with Crippen molar-refractivity contribution in [3.8, 4) is 0 Å². The molecule has 0 aliphatic carbocycles. The summed E-state index contributed by atoms with van der Waals surface area (Å²) >= 11 is 4.72. The van der Waals surface area contributed by atoms with Gasteiger partial charge in [0.05, 0.1) is 24.4 Å². The van der Waals surface area contributed by atoms with E-state index in [0.717, 1.165) is 10.0 Å². The first-order valence-electron chi connectivity index (χ1n) is 6.27. The largest absolute Gasteiger partial charge is 0.469 e. The van der Waals surface area contributed by atoms with Crippen molar-refractivity contribution in [1.29, 1.82) is 0 Å². The number of carbonyl (C=O) groups is 2. The smallest absolute Gasteiger partial charge is 0.307 e. The Morgan fingerprint density at radius 2 is 2.00 bits per heavy atom. The molecule has 0 spiro atoms. The Kier molecular flexibility index (Phi) is 5.52. The molecular weight excluding hydrogens is 354 g/mol. The van der Waals surface area contributed by atoms with E-state index in [-0.39, 0.29) is 18.3 Å². The molecule has 0 radical (unpaired) electrons. The van der Waals surface area contributed by atoms with Gasteiger partial charge in [0.1, 0.15) is 0 Å². The number of carbonyl (C=O) groups excluding carboxylic acids is 2. The van der Waals surface area contributed by atoms with Gasteiger partial charge in [-0.2, -0.15) is 0 Å². The van der Waals surface area contributed by atoms with Crippen molar-refractivity contribution in [3.63, 3.8) is 0 Å². The lowest BCUT2D eigenvalue weighted by atomic mass is 10.0. The van der Waals surface area contributed by atoms with Gasteiger partial charge in [0, 0.05) is 4.47 Å². The zero-order valence-corrected chi connectivity index (χ0v) is 13.7. The number of rotatable bonds is 5. The van der Waals surface area contributed by atoms with Gasteiger partial charge in [-0.15, -0.1) is 11.3 Å². The molecule has 0 saturated heterocycles. The first-order chi connectivity index (χ1) is 10.1. The molecule has 2 aromatic rings. The van der Waals surface area contributed by atoms with Crippen LogP contribution in [0.4, 0.5) is 0 Å². The van der Waals surface area contributed by atoms with Crippen LogP contribution in [0.1, 0.15) is 27.7 Å². The molecule has 110 valence electrons. The van der Waals surface area contributed by atoms with Gasteiger partial charge < -0.3 is 10.1 Å². The van der Waals surface area contributed by atoms with Crippen LogP contribution in [0.15, 0.2) is 46.3 Å². The molecule has 1 aromatic carbocycles. The standard InChI is InChI=1S/C15H14BrNO3S/c1-20-14(18)9-12(10-4-6-11(16)7-5-10)17-15(19)13-3-2-8-21-13/h2-8,12H,9H2,1H3,(H,17,19)/t12-/m1/s1. The van der Waals surface area contributed by atoms with Crippen molar-refractivity contribution >= 4 is 39.1 Å². The van der Waals surface area contributed by atoms with E-state index in [4.69, 9.17) is 4.74 Å². The first-order valence-corrected chi connectivity index (χ1v) is 7.94. The first kappa shape index (κ1) is 15.7. The second kappa shape index (κ2) is 7.38. The number of thiophene rings is 1. The number of hydrogen-bond acceptors (Lipinski definition) is 4. The van der Waals surface area contributed by atoms with Gasteiger partial charge in [0.2, 0.25) is 0 Å². The third kappa shape index (κ3) is 4.41. The molecule has 1 aromatic heterocycles. The van der Waals surface area contributed by atoms with Crippen LogP contribution in [0.25, 0.3) is 0 Å². The van der Waals surface area contributed by atoms with Gasteiger partial charge in [-0.05, 0) is 29.1 Å². The fourth-order valence-corrected chi connectivity index (χ4v) is 2.73. The van der Waals surface area contributed by atoms with Crippen LogP contribution in [0.2, 0.25) is 0 Å². The number of hydrogen-bond donors (Lipinski definition) is 1. The summed E-state index contributed by atoms with van der Waals surface area (Å²) in [6, 6.07) is 10.6. The van der Waals surface area contributed by atoms with E-state index in [0.29, 0.717) is 4.88 Å². The van der Waals surface area contributed by atoms with Crippen molar-refractivity contribution in [1.82, 2.24) is 5.32 Å². The number of amides is 1. The molecule has 6 heteroatoms. The molecule has 0 bridgehead atoms. The predicted octanol–water partition coefficient (Wildman–Crippen LogP) is 3.54. The Labute approximate surface area is 135 Å². The van der Waals surface area contributed by atoms with Gasteiger partial charge in [0.25, 0.3) is 5.91 Å². The normalized spacial score (nSPS) is 11.7. The maximum absolute atomic E-state index is 12.2. The average Bonchev–Trinajstić information content (AvgIpc) is 3.01. The van der Waals surface area contributed by atoms with Crippen LogP contribution >= 0.6 is 27.3 Å². The molecule has 0 aliphatic rings. The maximum atomic E-state index is 12.2. The van der Waals surface area contributed by atoms with Crippen LogP contribution in [0.3, 0.4) is 0 Å². The molecule has 0 unspecified atom stereocenters. The number of esters is 1. The Morgan fingerprint density at radius 1 is 1.29 bits per heavy atom. The van der Waals surface area contributed by atoms with Crippen LogP contribution in [-0.2, 0) is 9.53 Å². The van der Waals surface area contributed by atoms with Gasteiger partial charge in [0.15, 0.2) is 0 Å². The summed E-state index contributed by atoms with van der Waals surface area (Å²) in [6.45, 7) is 0. The number of ether oxygens (including phenoxy) is 1. The number of nitrogens with one attached hydrogen (secondary N) is 1. The molecule has 0 fully saturated rings. The summed E-state index contributed by atoms with van der Waals surface area (Å²) in [6.07, 6.45) is 0.0925. The van der Waals surface area contributed by atoms with Crippen molar-refractivity contribution in [3.05, 3.63) is 56.7 Å². The van der Waals surface area contributed by atoms with Crippen molar-refractivity contribution in [2.75, 3.05) is 7.11 Å². The second-order valence-electron chi connectivity index (χ2n) is 4.34. The van der Waals surface area contributed by atoms with Crippen LogP contribution in [0.5, 0.6) is 0 Å². The molecule has 0 aliphatic heterocycles. The maximum Gasteiger partial charge on any atom is 0.307 e. The molecule has 2 rings (SSSR count). The summed E-state index contributed by atoms with van der Waals surface area (Å²) in [5, 5.41) is 4.71. The Balaban J connectivity index is 2.17.